The summed E-state index contributed by atoms with van der Waals surface area (Å²) < 4.78 is 46.4. The van der Waals surface area contributed by atoms with E-state index >= 15 is 0 Å². The minimum Gasteiger partial charge on any atom is -0.454 e. The van der Waals surface area contributed by atoms with Crippen molar-refractivity contribution in [1.82, 2.24) is 0 Å². The van der Waals surface area contributed by atoms with Crippen LogP contribution in [0.1, 0.15) is 18.0 Å². The largest absolute Gasteiger partial charge is 0.454 e. The summed E-state index contributed by atoms with van der Waals surface area (Å²) in [6.45, 7) is -4.59. The SMILES string of the molecule is [2H]C1([2H])Oc2cc(CCl)c(C([2H])([2H])[2H])cc2O1. The number of ether oxygens (including phenoxy) is 2. The minimum atomic E-state index is -2.32. The van der Waals surface area contributed by atoms with Gasteiger partial charge in [0.05, 0.1) is 0 Å². The summed E-state index contributed by atoms with van der Waals surface area (Å²) in [4.78, 5) is 0. The molecule has 0 unspecified atom stereocenters. The van der Waals surface area contributed by atoms with Gasteiger partial charge in [0.15, 0.2) is 11.5 Å². The second-order valence-corrected chi connectivity index (χ2v) is 2.64. The number of fused-ring (bicyclic) bond motifs is 1. The highest BCUT2D eigenvalue weighted by molar-refractivity contribution is 6.17. The highest BCUT2D eigenvalue weighted by atomic mass is 35.5. The third kappa shape index (κ3) is 1.12. The van der Waals surface area contributed by atoms with Gasteiger partial charge in [0.2, 0.25) is 6.75 Å². The van der Waals surface area contributed by atoms with E-state index in [0.717, 1.165) is 0 Å². The summed E-state index contributed by atoms with van der Waals surface area (Å²) in [6, 6.07) is 2.65. The molecule has 0 saturated heterocycles. The van der Waals surface area contributed by atoms with E-state index in [1.54, 1.807) is 0 Å². The van der Waals surface area contributed by atoms with Crippen LogP contribution in [0.3, 0.4) is 0 Å². The molecule has 2 rings (SSSR count). The fraction of sp³-hybridized carbons (Fsp3) is 0.333. The molecule has 1 aliphatic heterocycles. The van der Waals surface area contributed by atoms with Gasteiger partial charge in [-0.05, 0) is 30.1 Å². The molecule has 0 bridgehead atoms. The Morgan fingerprint density at radius 3 is 3.00 bits per heavy atom. The van der Waals surface area contributed by atoms with Crippen LogP contribution in [0.5, 0.6) is 11.5 Å². The van der Waals surface area contributed by atoms with Crippen LogP contribution in [0.15, 0.2) is 12.1 Å². The first kappa shape index (κ1) is 3.88. The zero-order valence-electron chi connectivity index (χ0n) is 11.1. The van der Waals surface area contributed by atoms with Crippen molar-refractivity contribution in [3.63, 3.8) is 0 Å². The number of halogens is 1. The lowest BCUT2D eigenvalue weighted by Gasteiger charge is -2.03. The first-order valence-corrected chi connectivity index (χ1v) is 3.88. The topological polar surface area (TPSA) is 18.5 Å². The molecule has 3 heteroatoms. The van der Waals surface area contributed by atoms with Gasteiger partial charge in [-0.1, -0.05) is 0 Å². The molecule has 0 N–H and O–H groups in total. The minimum absolute atomic E-state index is 0.00730. The van der Waals surface area contributed by atoms with E-state index in [-0.39, 0.29) is 22.9 Å². The summed E-state index contributed by atoms with van der Waals surface area (Å²) in [5.41, 5.74) is 0.430. The molecule has 1 aromatic carbocycles. The molecule has 0 spiro atoms. The van der Waals surface area contributed by atoms with Crippen LogP contribution < -0.4 is 9.47 Å². The number of rotatable bonds is 1. The molecule has 1 aromatic rings. The number of alkyl halides is 1. The Labute approximate surface area is 83.1 Å². The van der Waals surface area contributed by atoms with E-state index in [1.807, 2.05) is 0 Å². The molecule has 0 fully saturated rings. The summed E-state index contributed by atoms with van der Waals surface area (Å²) in [5.74, 6) is 0.251. The third-order valence-corrected chi connectivity index (χ3v) is 1.90. The second kappa shape index (κ2) is 2.87. The van der Waals surface area contributed by atoms with Crippen LogP contribution in [0, 0.1) is 6.85 Å². The normalized spacial score (nSPS) is 24.9. The van der Waals surface area contributed by atoms with Crippen LogP contribution in [-0.4, -0.2) is 6.75 Å². The van der Waals surface area contributed by atoms with E-state index in [0.29, 0.717) is 5.56 Å². The van der Waals surface area contributed by atoms with Crippen molar-refractivity contribution < 1.29 is 16.3 Å². The van der Waals surface area contributed by atoms with Gasteiger partial charge in [0.25, 0.3) is 0 Å². The zero-order valence-corrected chi connectivity index (χ0v) is 6.81. The maximum Gasteiger partial charge on any atom is 0.231 e. The average molecular weight is 190 g/mol. The van der Waals surface area contributed by atoms with Gasteiger partial charge in [-0.3, -0.25) is 0 Å². The Bertz CT molecular complexity index is 457. The molecule has 1 aliphatic rings. The van der Waals surface area contributed by atoms with Crippen molar-refractivity contribution >= 4 is 11.6 Å². The van der Waals surface area contributed by atoms with Crippen LogP contribution in [0.4, 0.5) is 0 Å². The number of benzene rings is 1. The number of hydrogen-bond donors (Lipinski definition) is 0. The highest BCUT2D eigenvalue weighted by Gasteiger charge is 2.14. The molecule has 0 saturated carbocycles. The molecular formula is C9H9ClO2. The van der Waals surface area contributed by atoms with Crippen LogP contribution in [-0.2, 0) is 5.88 Å². The molecule has 2 nitrogen and oxygen atoms in total. The number of aryl methyl sites for hydroxylation is 1. The lowest BCUT2D eigenvalue weighted by Crippen LogP contribution is -1.92. The maximum absolute atomic E-state index is 7.36. The standard InChI is InChI=1S/C9H9ClO2/c1-6-2-8-9(12-5-11-8)3-7(6)4-10/h2-3H,4-5H2,1H3/i1D3,5D2. The first-order valence-electron chi connectivity index (χ1n) is 5.84. The molecular weight excluding hydrogens is 176 g/mol. The van der Waals surface area contributed by atoms with Crippen LogP contribution in [0.2, 0.25) is 0 Å². The van der Waals surface area contributed by atoms with Gasteiger partial charge in [-0.2, -0.15) is 0 Å². The van der Waals surface area contributed by atoms with Crippen LogP contribution in [0.25, 0.3) is 0 Å². The zero-order chi connectivity index (χ0) is 12.8. The fourth-order valence-electron chi connectivity index (χ4n) is 0.983. The Hall–Kier alpha value is -0.890. The fourth-order valence-corrected chi connectivity index (χ4v) is 1.20. The van der Waals surface area contributed by atoms with Crippen molar-refractivity contribution in [2.75, 3.05) is 6.75 Å². The van der Waals surface area contributed by atoms with E-state index in [1.165, 1.54) is 12.1 Å². The van der Waals surface area contributed by atoms with Gasteiger partial charge in [-0.15, -0.1) is 11.6 Å². The van der Waals surface area contributed by atoms with E-state index < -0.39 is 13.6 Å². The maximum atomic E-state index is 7.36. The van der Waals surface area contributed by atoms with Gasteiger partial charge in [0, 0.05) is 9.99 Å². The van der Waals surface area contributed by atoms with E-state index in [4.69, 9.17) is 27.9 Å². The molecule has 0 amide bonds. The predicted molar refractivity (Wildman–Crippen MR) is 46.9 cm³/mol. The van der Waals surface area contributed by atoms with Gasteiger partial charge in [-0.25, -0.2) is 0 Å². The lowest BCUT2D eigenvalue weighted by molar-refractivity contribution is 0.174. The molecule has 1 heterocycles. The summed E-state index contributed by atoms with van der Waals surface area (Å²) in [7, 11) is 0. The molecule has 64 valence electrons. The Morgan fingerprint density at radius 1 is 1.58 bits per heavy atom. The first-order chi connectivity index (χ1) is 7.73. The quantitative estimate of drug-likeness (QED) is 0.632. The van der Waals surface area contributed by atoms with Crippen molar-refractivity contribution in [2.45, 2.75) is 12.7 Å². The van der Waals surface area contributed by atoms with Crippen molar-refractivity contribution in [2.24, 2.45) is 0 Å². The van der Waals surface area contributed by atoms with Gasteiger partial charge in [0.1, 0.15) is 2.74 Å². The molecule has 12 heavy (non-hydrogen) atoms. The Kier molecular flexibility index (Phi) is 0.926. The molecule has 0 aromatic heterocycles. The smallest absolute Gasteiger partial charge is 0.231 e. The molecule has 0 atom stereocenters. The van der Waals surface area contributed by atoms with Crippen molar-refractivity contribution in [3.8, 4) is 11.5 Å². The lowest BCUT2D eigenvalue weighted by atomic mass is 10.1. The van der Waals surface area contributed by atoms with Crippen molar-refractivity contribution in [3.05, 3.63) is 23.3 Å². The molecule has 0 radical (unpaired) electrons. The average Bonchev–Trinajstić information content (AvgIpc) is 2.47. The predicted octanol–water partition coefficient (Wildman–Crippen LogP) is 2.46. The summed E-state index contributed by atoms with van der Waals surface area (Å²) in [5, 5.41) is 0. The summed E-state index contributed by atoms with van der Waals surface area (Å²) >= 11 is 5.67. The number of hydrogen-bond acceptors (Lipinski definition) is 2. The van der Waals surface area contributed by atoms with E-state index in [2.05, 4.69) is 0 Å². The monoisotopic (exact) mass is 189 g/mol. The Morgan fingerprint density at radius 2 is 2.33 bits per heavy atom. The summed E-state index contributed by atoms with van der Waals surface area (Å²) in [6.07, 6.45) is 0. The third-order valence-electron chi connectivity index (χ3n) is 1.62. The van der Waals surface area contributed by atoms with E-state index in [9.17, 15) is 0 Å². The second-order valence-electron chi connectivity index (χ2n) is 2.38. The van der Waals surface area contributed by atoms with Crippen LogP contribution >= 0.6 is 11.6 Å². The Balaban J connectivity index is 2.52. The van der Waals surface area contributed by atoms with Gasteiger partial charge >= 0.3 is 0 Å². The van der Waals surface area contributed by atoms with Crippen molar-refractivity contribution in [1.29, 1.82) is 0 Å². The highest BCUT2D eigenvalue weighted by Crippen LogP contribution is 2.34. The molecule has 0 aliphatic carbocycles. The van der Waals surface area contributed by atoms with Gasteiger partial charge < -0.3 is 9.47 Å².